The number of benzene rings is 1. The third-order valence-corrected chi connectivity index (χ3v) is 5.25. The molecule has 2 rings (SSSR count). The van der Waals surface area contributed by atoms with E-state index in [1.54, 1.807) is 6.92 Å². The summed E-state index contributed by atoms with van der Waals surface area (Å²) in [5, 5.41) is 8.05. The Morgan fingerprint density at radius 3 is 2.57 bits per heavy atom. The van der Waals surface area contributed by atoms with Crippen LogP contribution in [-0.4, -0.2) is 27.0 Å². The molecule has 1 fully saturated rings. The first kappa shape index (κ1) is 17.9. The lowest BCUT2D eigenvalue weighted by Crippen LogP contribution is -2.33. The fourth-order valence-electron chi connectivity index (χ4n) is 2.89. The second-order valence-corrected chi connectivity index (χ2v) is 7.98. The molecule has 0 aromatic heterocycles. The van der Waals surface area contributed by atoms with Gasteiger partial charge in [0, 0.05) is 12.3 Å². The maximum atomic E-state index is 12.6. The zero-order chi connectivity index (χ0) is 17.4. The molecular weight excluding hydrogens is 316 g/mol. The molecule has 1 amide bonds. The second-order valence-electron chi connectivity index (χ2n) is 6.42. The van der Waals surface area contributed by atoms with Gasteiger partial charge in [-0.05, 0) is 49.4 Å². The van der Waals surface area contributed by atoms with Gasteiger partial charge in [0.1, 0.15) is 0 Å². The van der Waals surface area contributed by atoms with Crippen LogP contribution in [-0.2, 0) is 19.6 Å². The van der Waals surface area contributed by atoms with Gasteiger partial charge in [-0.25, -0.2) is 13.6 Å². The summed E-state index contributed by atoms with van der Waals surface area (Å²) < 4.78 is 28.8. The topological polar surface area (TPSA) is 98.5 Å². The van der Waals surface area contributed by atoms with Crippen LogP contribution in [0.1, 0.15) is 31.4 Å². The van der Waals surface area contributed by atoms with Crippen LogP contribution >= 0.6 is 0 Å². The summed E-state index contributed by atoms with van der Waals surface area (Å²) in [5.41, 5.74) is 2.06. The molecule has 23 heavy (non-hydrogen) atoms. The number of carbonyl (C=O) groups excluding carboxylic acids is 1. The largest absolute Gasteiger partial charge is 0.377 e. The Morgan fingerprint density at radius 1 is 1.35 bits per heavy atom. The number of carbonyl (C=O) groups is 1. The van der Waals surface area contributed by atoms with Gasteiger partial charge in [0.25, 0.3) is 0 Å². The van der Waals surface area contributed by atoms with Crippen LogP contribution in [0.25, 0.3) is 0 Å². The van der Waals surface area contributed by atoms with Crippen LogP contribution in [0.2, 0.25) is 0 Å². The molecule has 1 aromatic carbocycles. The Balaban J connectivity index is 2.29. The summed E-state index contributed by atoms with van der Waals surface area (Å²) in [6, 6.07) is 2.92. The van der Waals surface area contributed by atoms with E-state index in [4.69, 9.17) is 9.88 Å². The number of nitrogens with two attached hydrogens (primary N) is 1. The highest BCUT2D eigenvalue weighted by molar-refractivity contribution is 7.89. The highest BCUT2D eigenvalue weighted by atomic mass is 32.2. The van der Waals surface area contributed by atoms with Crippen LogP contribution in [0.3, 0.4) is 0 Å². The van der Waals surface area contributed by atoms with Crippen LogP contribution in [0.4, 0.5) is 5.69 Å². The van der Waals surface area contributed by atoms with Gasteiger partial charge in [-0.3, -0.25) is 4.79 Å². The van der Waals surface area contributed by atoms with E-state index >= 15 is 0 Å². The van der Waals surface area contributed by atoms with Gasteiger partial charge in [0.15, 0.2) is 0 Å². The fourth-order valence-corrected chi connectivity index (χ4v) is 3.52. The van der Waals surface area contributed by atoms with E-state index in [1.807, 2.05) is 20.8 Å². The quantitative estimate of drug-likeness (QED) is 0.875. The van der Waals surface area contributed by atoms with Crippen molar-refractivity contribution in [2.24, 2.45) is 17.0 Å². The summed E-state index contributed by atoms with van der Waals surface area (Å²) in [7, 11) is -3.82. The summed E-state index contributed by atoms with van der Waals surface area (Å²) >= 11 is 0. The first-order valence-electron chi connectivity index (χ1n) is 7.67. The van der Waals surface area contributed by atoms with Gasteiger partial charge in [-0.1, -0.05) is 13.8 Å². The van der Waals surface area contributed by atoms with E-state index < -0.39 is 10.0 Å². The van der Waals surface area contributed by atoms with Crippen molar-refractivity contribution in [3.63, 3.8) is 0 Å². The number of hydrogen-bond donors (Lipinski definition) is 2. The molecule has 2 atom stereocenters. The predicted molar refractivity (Wildman–Crippen MR) is 88.6 cm³/mol. The molecule has 0 spiro atoms. The van der Waals surface area contributed by atoms with Gasteiger partial charge in [0.05, 0.1) is 16.9 Å². The third-order valence-electron chi connectivity index (χ3n) is 4.36. The smallest absolute Gasteiger partial charge is 0.238 e. The summed E-state index contributed by atoms with van der Waals surface area (Å²) in [6.45, 7) is 8.23. The first-order valence-corrected chi connectivity index (χ1v) is 9.22. The Hall–Kier alpha value is -1.44. The number of amides is 1. The monoisotopic (exact) mass is 340 g/mol. The van der Waals surface area contributed by atoms with Crippen molar-refractivity contribution in [2.75, 3.05) is 11.9 Å². The minimum atomic E-state index is -3.82. The number of anilines is 1. The van der Waals surface area contributed by atoms with E-state index in [9.17, 15) is 13.2 Å². The molecule has 1 heterocycles. The maximum absolute atomic E-state index is 12.6. The van der Waals surface area contributed by atoms with Crippen LogP contribution in [0.15, 0.2) is 17.0 Å². The van der Waals surface area contributed by atoms with Gasteiger partial charge in [0.2, 0.25) is 15.9 Å². The molecule has 1 saturated heterocycles. The lowest BCUT2D eigenvalue weighted by Gasteiger charge is -2.22. The molecule has 1 aliphatic heterocycles. The molecule has 6 nitrogen and oxygen atoms in total. The summed E-state index contributed by atoms with van der Waals surface area (Å²) in [6.07, 6.45) is 0.555. The zero-order valence-corrected chi connectivity index (χ0v) is 14.7. The van der Waals surface area contributed by atoms with E-state index in [-0.39, 0.29) is 28.7 Å². The SMILES string of the molecule is Cc1cc(S(N)(=O)=O)cc(NC(=O)[C@H]2CCO[C@H]2C(C)C)c1C. The van der Waals surface area contributed by atoms with E-state index in [0.717, 1.165) is 11.1 Å². The second kappa shape index (κ2) is 6.59. The molecule has 1 aromatic rings. The Kier molecular flexibility index (Phi) is 5.13. The van der Waals surface area contributed by atoms with Crippen LogP contribution in [0.5, 0.6) is 0 Å². The van der Waals surface area contributed by atoms with E-state index in [0.29, 0.717) is 18.7 Å². The maximum Gasteiger partial charge on any atom is 0.238 e. The van der Waals surface area contributed by atoms with Crippen molar-refractivity contribution in [1.29, 1.82) is 0 Å². The molecule has 1 aliphatic rings. The highest BCUT2D eigenvalue weighted by Crippen LogP contribution is 2.29. The van der Waals surface area contributed by atoms with Crippen molar-refractivity contribution in [3.05, 3.63) is 23.3 Å². The van der Waals surface area contributed by atoms with Crippen LogP contribution < -0.4 is 10.5 Å². The molecule has 0 saturated carbocycles. The van der Waals surface area contributed by atoms with Crippen LogP contribution in [0, 0.1) is 25.7 Å². The van der Waals surface area contributed by atoms with Crippen molar-refractivity contribution in [3.8, 4) is 0 Å². The highest BCUT2D eigenvalue weighted by Gasteiger charge is 2.36. The number of rotatable bonds is 4. The van der Waals surface area contributed by atoms with E-state index in [2.05, 4.69) is 5.32 Å². The molecule has 128 valence electrons. The zero-order valence-electron chi connectivity index (χ0n) is 13.9. The number of hydrogen-bond acceptors (Lipinski definition) is 4. The van der Waals surface area contributed by atoms with E-state index in [1.165, 1.54) is 12.1 Å². The lowest BCUT2D eigenvalue weighted by molar-refractivity contribution is -0.122. The predicted octanol–water partition coefficient (Wildman–Crippen LogP) is 1.95. The number of nitrogens with one attached hydrogen (secondary N) is 1. The van der Waals surface area contributed by atoms with Gasteiger partial charge in [-0.2, -0.15) is 0 Å². The molecule has 3 N–H and O–H groups in total. The molecule has 7 heteroatoms. The first-order chi connectivity index (χ1) is 10.6. The number of aryl methyl sites for hydroxylation is 1. The van der Waals surface area contributed by atoms with Crippen molar-refractivity contribution in [2.45, 2.75) is 45.1 Å². The summed E-state index contributed by atoms with van der Waals surface area (Å²) in [5.74, 6) is -0.130. The lowest BCUT2D eigenvalue weighted by atomic mass is 9.92. The summed E-state index contributed by atoms with van der Waals surface area (Å²) in [4.78, 5) is 12.6. The number of primary sulfonamides is 1. The molecular formula is C16H24N2O4S. The van der Waals surface area contributed by atoms with Gasteiger partial charge >= 0.3 is 0 Å². The Bertz CT molecular complexity index is 713. The molecule has 0 unspecified atom stereocenters. The fraction of sp³-hybridized carbons (Fsp3) is 0.562. The Morgan fingerprint density at radius 2 is 2.00 bits per heavy atom. The van der Waals surface area contributed by atoms with Gasteiger partial charge < -0.3 is 10.1 Å². The third kappa shape index (κ3) is 3.91. The molecule has 0 aliphatic carbocycles. The molecule has 0 bridgehead atoms. The van der Waals surface area contributed by atoms with Crippen molar-refractivity contribution >= 4 is 21.6 Å². The number of ether oxygens (including phenoxy) is 1. The molecule has 0 radical (unpaired) electrons. The minimum Gasteiger partial charge on any atom is -0.377 e. The van der Waals surface area contributed by atoms with Gasteiger partial charge in [-0.15, -0.1) is 0 Å². The van der Waals surface area contributed by atoms with Crippen molar-refractivity contribution < 1.29 is 17.9 Å². The normalized spacial score (nSPS) is 21.7. The minimum absolute atomic E-state index is 0.000943. The average molecular weight is 340 g/mol. The average Bonchev–Trinajstić information content (AvgIpc) is 2.92. The van der Waals surface area contributed by atoms with Crippen molar-refractivity contribution in [1.82, 2.24) is 0 Å². The number of sulfonamides is 1. The Labute approximate surface area is 137 Å². The standard InChI is InChI=1S/C16H24N2O4S/c1-9(2)15-13(5-6-22-15)16(19)18-14-8-12(23(17,20)21)7-10(3)11(14)4/h7-9,13,15H,5-6H2,1-4H3,(H,18,19)(H2,17,20,21)/t13-,15-/m0/s1.